The average molecular weight is 309 g/mol. The van der Waals surface area contributed by atoms with Gasteiger partial charge in [-0.3, -0.25) is 9.59 Å². The Hall–Kier alpha value is -2.62. The lowest BCUT2D eigenvalue weighted by Crippen LogP contribution is -2.48. The number of hydrogen-bond donors (Lipinski definition) is 1. The zero-order valence-electron chi connectivity index (χ0n) is 13.1. The molecular formula is C19H19NO3. The molecule has 0 spiro atoms. The van der Waals surface area contributed by atoms with Crippen molar-refractivity contribution in [1.29, 1.82) is 0 Å². The van der Waals surface area contributed by atoms with Gasteiger partial charge in [-0.2, -0.15) is 0 Å². The van der Waals surface area contributed by atoms with Crippen LogP contribution in [0, 0.1) is 0 Å². The molecule has 2 aromatic carbocycles. The maximum Gasteiger partial charge on any atom is 0.313 e. The van der Waals surface area contributed by atoms with Crippen LogP contribution in [0.5, 0.6) is 0 Å². The molecule has 1 amide bonds. The summed E-state index contributed by atoms with van der Waals surface area (Å²) in [5.74, 6) is -1.79. The van der Waals surface area contributed by atoms with Gasteiger partial charge in [-0.15, -0.1) is 0 Å². The van der Waals surface area contributed by atoms with Crippen LogP contribution in [-0.4, -0.2) is 27.9 Å². The third-order valence-corrected chi connectivity index (χ3v) is 4.34. The Balaban J connectivity index is 2.25. The van der Waals surface area contributed by atoms with Gasteiger partial charge in [0.1, 0.15) is 5.92 Å². The minimum Gasteiger partial charge on any atom is -0.481 e. The highest BCUT2D eigenvalue weighted by Gasteiger charge is 2.44. The summed E-state index contributed by atoms with van der Waals surface area (Å²) < 4.78 is 0. The number of amides is 1. The molecule has 23 heavy (non-hydrogen) atoms. The average Bonchev–Trinajstić information content (AvgIpc) is 2.54. The summed E-state index contributed by atoms with van der Waals surface area (Å²) in [6.07, 6.45) is 0. The molecule has 0 radical (unpaired) electrons. The SMILES string of the molecule is CC(C)N1C(=O)c2ccccc2[C@@H](C(=O)O)[C@@H]1c1ccccc1. The zero-order valence-corrected chi connectivity index (χ0v) is 13.1. The molecular weight excluding hydrogens is 290 g/mol. The van der Waals surface area contributed by atoms with Crippen LogP contribution in [0.25, 0.3) is 0 Å². The zero-order chi connectivity index (χ0) is 16.6. The second-order valence-corrected chi connectivity index (χ2v) is 6.06. The van der Waals surface area contributed by atoms with E-state index in [1.54, 1.807) is 29.2 Å². The van der Waals surface area contributed by atoms with E-state index in [-0.39, 0.29) is 11.9 Å². The number of benzene rings is 2. The first-order valence-corrected chi connectivity index (χ1v) is 7.71. The lowest BCUT2D eigenvalue weighted by molar-refractivity contribution is -0.140. The van der Waals surface area contributed by atoms with Crippen molar-refractivity contribution in [2.45, 2.75) is 31.8 Å². The van der Waals surface area contributed by atoms with Crippen LogP contribution < -0.4 is 0 Å². The van der Waals surface area contributed by atoms with Crippen LogP contribution in [0.15, 0.2) is 54.6 Å². The van der Waals surface area contributed by atoms with Crippen LogP contribution in [0.1, 0.15) is 47.3 Å². The number of carboxylic acid groups (broad SMARTS) is 1. The fourth-order valence-corrected chi connectivity index (χ4v) is 3.39. The van der Waals surface area contributed by atoms with Gasteiger partial charge in [0.15, 0.2) is 0 Å². The summed E-state index contributed by atoms with van der Waals surface area (Å²) >= 11 is 0. The Kier molecular flexibility index (Phi) is 3.90. The second kappa shape index (κ2) is 5.88. The van der Waals surface area contributed by atoms with E-state index in [0.717, 1.165) is 5.56 Å². The molecule has 0 bridgehead atoms. The van der Waals surface area contributed by atoms with Crippen molar-refractivity contribution < 1.29 is 14.7 Å². The smallest absolute Gasteiger partial charge is 0.313 e. The Bertz CT molecular complexity index is 739. The van der Waals surface area contributed by atoms with Gasteiger partial charge in [-0.05, 0) is 31.0 Å². The number of carbonyl (C=O) groups is 2. The van der Waals surface area contributed by atoms with E-state index in [9.17, 15) is 14.7 Å². The fourth-order valence-electron chi connectivity index (χ4n) is 3.39. The number of aliphatic carboxylic acids is 1. The van der Waals surface area contributed by atoms with E-state index in [1.807, 2.05) is 44.2 Å². The molecule has 1 aliphatic heterocycles. The van der Waals surface area contributed by atoms with E-state index < -0.39 is 17.9 Å². The Morgan fingerprint density at radius 2 is 1.65 bits per heavy atom. The number of fused-ring (bicyclic) bond motifs is 1. The molecule has 1 N–H and O–H groups in total. The molecule has 0 aliphatic carbocycles. The Morgan fingerprint density at radius 1 is 1.04 bits per heavy atom. The van der Waals surface area contributed by atoms with Gasteiger partial charge in [-0.25, -0.2) is 0 Å². The third kappa shape index (κ3) is 2.50. The quantitative estimate of drug-likeness (QED) is 0.944. The summed E-state index contributed by atoms with van der Waals surface area (Å²) in [4.78, 5) is 26.7. The molecule has 118 valence electrons. The molecule has 0 saturated heterocycles. The van der Waals surface area contributed by atoms with Gasteiger partial charge in [-0.1, -0.05) is 48.5 Å². The van der Waals surface area contributed by atoms with E-state index in [4.69, 9.17) is 0 Å². The highest BCUT2D eigenvalue weighted by molar-refractivity contribution is 6.00. The van der Waals surface area contributed by atoms with Crippen LogP contribution in [0.4, 0.5) is 0 Å². The molecule has 3 rings (SSSR count). The van der Waals surface area contributed by atoms with Gasteiger partial charge in [0, 0.05) is 11.6 Å². The summed E-state index contributed by atoms with van der Waals surface area (Å²) in [7, 11) is 0. The van der Waals surface area contributed by atoms with E-state index in [0.29, 0.717) is 11.1 Å². The van der Waals surface area contributed by atoms with Crippen molar-refractivity contribution in [3.8, 4) is 0 Å². The number of carboxylic acids is 1. The summed E-state index contributed by atoms with van der Waals surface area (Å²) in [5.41, 5.74) is 1.92. The molecule has 0 fully saturated rings. The van der Waals surface area contributed by atoms with Crippen LogP contribution >= 0.6 is 0 Å². The summed E-state index contributed by atoms with van der Waals surface area (Å²) in [6, 6.07) is 15.8. The van der Waals surface area contributed by atoms with E-state index in [2.05, 4.69) is 0 Å². The first kappa shape index (κ1) is 15.3. The number of nitrogens with zero attached hydrogens (tertiary/aromatic N) is 1. The molecule has 1 aliphatic rings. The van der Waals surface area contributed by atoms with Gasteiger partial charge in [0.05, 0.1) is 6.04 Å². The minimum atomic E-state index is -0.913. The maximum atomic E-state index is 12.9. The molecule has 2 aromatic rings. The van der Waals surface area contributed by atoms with Crippen molar-refractivity contribution >= 4 is 11.9 Å². The van der Waals surface area contributed by atoms with Gasteiger partial charge >= 0.3 is 5.97 Å². The number of rotatable bonds is 3. The topological polar surface area (TPSA) is 57.6 Å². The molecule has 1 heterocycles. The first-order valence-electron chi connectivity index (χ1n) is 7.71. The highest BCUT2D eigenvalue weighted by Crippen LogP contribution is 2.43. The molecule has 4 heteroatoms. The molecule has 4 nitrogen and oxygen atoms in total. The van der Waals surface area contributed by atoms with Crippen molar-refractivity contribution in [3.05, 3.63) is 71.3 Å². The third-order valence-electron chi connectivity index (χ3n) is 4.34. The predicted molar refractivity (Wildman–Crippen MR) is 87.3 cm³/mol. The molecule has 0 aromatic heterocycles. The monoisotopic (exact) mass is 309 g/mol. The van der Waals surface area contributed by atoms with Crippen LogP contribution in [-0.2, 0) is 4.79 Å². The minimum absolute atomic E-state index is 0.0945. The number of hydrogen-bond acceptors (Lipinski definition) is 2. The summed E-state index contributed by atoms with van der Waals surface area (Å²) in [5, 5.41) is 9.86. The molecule has 2 atom stereocenters. The lowest BCUT2D eigenvalue weighted by atomic mass is 9.79. The van der Waals surface area contributed by atoms with Gasteiger partial charge in [0.2, 0.25) is 0 Å². The van der Waals surface area contributed by atoms with E-state index in [1.165, 1.54) is 0 Å². The molecule has 0 unspecified atom stereocenters. The van der Waals surface area contributed by atoms with Crippen LogP contribution in [0.3, 0.4) is 0 Å². The Labute approximate surface area is 135 Å². The lowest BCUT2D eigenvalue weighted by Gasteiger charge is -2.43. The normalized spacial score (nSPS) is 20.5. The summed E-state index contributed by atoms with van der Waals surface area (Å²) in [6.45, 7) is 3.83. The van der Waals surface area contributed by atoms with Gasteiger partial charge in [0.25, 0.3) is 5.91 Å². The fraction of sp³-hybridized carbons (Fsp3) is 0.263. The highest BCUT2D eigenvalue weighted by atomic mass is 16.4. The predicted octanol–water partition coefficient (Wildman–Crippen LogP) is 3.46. The number of carbonyl (C=O) groups excluding carboxylic acids is 1. The maximum absolute atomic E-state index is 12.9. The van der Waals surface area contributed by atoms with Crippen LogP contribution in [0.2, 0.25) is 0 Å². The van der Waals surface area contributed by atoms with Crippen molar-refractivity contribution in [2.75, 3.05) is 0 Å². The first-order chi connectivity index (χ1) is 11.0. The standard InChI is InChI=1S/C19H19NO3/c1-12(2)20-17(13-8-4-3-5-9-13)16(19(22)23)14-10-6-7-11-15(14)18(20)21/h3-12,16-17H,1-2H3,(H,22,23)/t16-,17+/m1/s1. The van der Waals surface area contributed by atoms with E-state index >= 15 is 0 Å². The largest absolute Gasteiger partial charge is 0.481 e. The van der Waals surface area contributed by atoms with Crippen molar-refractivity contribution in [1.82, 2.24) is 4.90 Å². The molecule has 0 saturated carbocycles. The second-order valence-electron chi connectivity index (χ2n) is 6.06. The van der Waals surface area contributed by atoms with Crippen molar-refractivity contribution in [3.63, 3.8) is 0 Å². The van der Waals surface area contributed by atoms with Gasteiger partial charge < -0.3 is 10.0 Å². The Morgan fingerprint density at radius 3 is 2.26 bits per heavy atom. The van der Waals surface area contributed by atoms with Crippen molar-refractivity contribution in [2.24, 2.45) is 0 Å².